The lowest BCUT2D eigenvalue weighted by Gasteiger charge is -2.22. The van der Waals surface area contributed by atoms with Crippen LogP contribution in [0.15, 0.2) is 358 Å². The Morgan fingerprint density at radius 2 is 0.470 bits per heavy atom. The van der Waals surface area contributed by atoms with Crippen molar-refractivity contribution in [3.8, 4) is 72.7 Å². The fraction of sp³-hybridized carbons (Fsp3) is 0.0811. The van der Waals surface area contributed by atoms with Crippen molar-refractivity contribution in [2.45, 2.75) is 57.8 Å². The second kappa shape index (κ2) is 25.4. The molecule has 0 amide bonds. The first-order valence-corrected chi connectivity index (χ1v) is 43.2. The molecule has 0 fully saturated rings. The minimum absolute atomic E-state index is 0.0518. The maximum atomic E-state index is 2.46. The number of hydrogen-bond donors (Lipinski definition) is 0. The minimum Gasteiger partial charge on any atom is -0.309 e. The summed E-state index contributed by atoms with van der Waals surface area (Å²) in [5.41, 5.74) is 32.8. The van der Waals surface area contributed by atoms with E-state index in [1.165, 1.54) is 232 Å². The molecule has 3 aliphatic carbocycles. The molecular weight excluding hydrogens is 1470 g/mol. The average molecular weight is 1550 g/mol. The average Bonchev–Trinajstić information content (AvgIpc) is 1.55. The Kier molecular flexibility index (Phi) is 14.8. The smallest absolute Gasteiger partial charge is 0.0547 e. The van der Waals surface area contributed by atoms with Crippen LogP contribution in [0.4, 0.5) is 0 Å². The lowest BCUT2D eigenvalue weighted by molar-refractivity contribution is 0.660. The normalized spacial score (nSPS) is 13.9. The molecule has 6 heteroatoms. The molecule has 0 spiro atoms. The SMILES string of the molecule is CC1(C)c2cc(-n3c4ccccc4c4cc(-c5ccccc5)ccc43)ccc2-c2c1ccc1c2sc2ccccc21.CC1(C)c2cc(-n3c4ccccc4c4ccc(-c5ccccc5)cc43)ccc2-c2c1ccc1c2sc2ccccc21.CC1(C)c2cc(-n3c4ccccc4c4ccccc43)ccc2-c2c1ccc1c2sc2ccccc21. The van der Waals surface area contributed by atoms with E-state index < -0.39 is 0 Å². The van der Waals surface area contributed by atoms with Gasteiger partial charge in [-0.3, -0.25) is 0 Å². The highest BCUT2D eigenvalue weighted by molar-refractivity contribution is 7.27. The third kappa shape index (κ3) is 9.96. The van der Waals surface area contributed by atoms with Crippen LogP contribution < -0.4 is 0 Å². The summed E-state index contributed by atoms with van der Waals surface area (Å²) in [7, 11) is 0. The number of hydrogen-bond acceptors (Lipinski definition) is 3. The molecule has 554 valence electrons. The molecule has 0 N–H and O–H groups in total. The van der Waals surface area contributed by atoms with E-state index in [0.29, 0.717) is 0 Å². The number of nitrogens with zero attached hydrogens (tertiary/aromatic N) is 3. The Labute approximate surface area is 690 Å². The fourth-order valence-electron chi connectivity index (χ4n) is 20.7. The molecule has 6 aromatic heterocycles. The van der Waals surface area contributed by atoms with Crippen LogP contribution in [0.25, 0.3) is 199 Å². The first-order valence-electron chi connectivity index (χ1n) is 40.8. The van der Waals surface area contributed by atoms with E-state index in [-0.39, 0.29) is 16.2 Å². The Morgan fingerprint density at radius 3 is 0.846 bits per heavy atom. The van der Waals surface area contributed by atoms with Gasteiger partial charge in [-0.1, -0.05) is 302 Å². The monoisotopic (exact) mass is 1550 g/mol. The number of para-hydroxylation sites is 4. The van der Waals surface area contributed by atoms with E-state index in [9.17, 15) is 0 Å². The predicted molar refractivity (Wildman–Crippen MR) is 505 cm³/mol. The van der Waals surface area contributed by atoms with Gasteiger partial charge >= 0.3 is 0 Å². The Morgan fingerprint density at radius 1 is 0.188 bits per heavy atom. The molecule has 0 saturated carbocycles. The van der Waals surface area contributed by atoms with Gasteiger partial charge in [-0.2, -0.15) is 0 Å². The van der Waals surface area contributed by atoms with E-state index in [2.05, 4.69) is 413 Å². The number of thiophene rings is 3. The second-order valence-electron chi connectivity index (χ2n) is 33.7. The van der Waals surface area contributed by atoms with Crippen LogP contribution >= 0.6 is 34.0 Å². The largest absolute Gasteiger partial charge is 0.309 e. The van der Waals surface area contributed by atoms with E-state index in [4.69, 9.17) is 0 Å². The molecule has 0 atom stereocenters. The zero-order valence-electron chi connectivity index (χ0n) is 65.6. The zero-order valence-corrected chi connectivity index (χ0v) is 68.1. The molecule has 6 heterocycles. The van der Waals surface area contributed by atoms with Crippen molar-refractivity contribution in [2.75, 3.05) is 0 Å². The van der Waals surface area contributed by atoms with Gasteiger partial charge in [0.25, 0.3) is 0 Å². The van der Waals surface area contributed by atoms with Crippen molar-refractivity contribution in [2.24, 2.45) is 0 Å². The highest BCUT2D eigenvalue weighted by Crippen LogP contribution is 2.59. The third-order valence-corrected chi connectivity index (χ3v) is 30.0. The van der Waals surface area contributed by atoms with Gasteiger partial charge in [0.05, 0.1) is 33.1 Å². The van der Waals surface area contributed by atoms with Gasteiger partial charge in [-0.15, -0.1) is 34.0 Å². The lowest BCUT2D eigenvalue weighted by Crippen LogP contribution is -2.15. The highest BCUT2D eigenvalue weighted by Gasteiger charge is 2.41. The number of rotatable bonds is 5. The summed E-state index contributed by atoms with van der Waals surface area (Å²) in [5.74, 6) is 0. The predicted octanol–water partition coefficient (Wildman–Crippen LogP) is 31.7. The van der Waals surface area contributed by atoms with Crippen molar-refractivity contribution in [1.82, 2.24) is 13.7 Å². The molecule has 23 aromatic rings. The van der Waals surface area contributed by atoms with Crippen LogP contribution in [0.5, 0.6) is 0 Å². The van der Waals surface area contributed by atoms with E-state index in [0.717, 1.165) is 0 Å². The van der Waals surface area contributed by atoms with Crippen LogP contribution in [-0.2, 0) is 16.2 Å². The molecule has 0 bridgehead atoms. The maximum Gasteiger partial charge on any atom is 0.0547 e. The van der Waals surface area contributed by atoms with Crippen LogP contribution in [0.1, 0.15) is 74.9 Å². The van der Waals surface area contributed by atoms with Crippen molar-refractivity contribution >= 4 is 160 Å². The first-order chi connectivity index (χ1) is 57.3. The molecule has 3 nitrogen and oxygen atoms in total. The van der Waals surface area contributed by atoms with Gasteiger partial charge < -0.3 is 13.7 Å². The maximum absolute atomic E-state index is 2.46. The number of benzene rings is 17. The molecule has 3 aliphatic rings. The van der Waals surface area contributed by atoms with Crippen molar-refractivity contribution in [3.63, 3.8) is 0 Å². The third-order valence-electron chi connectivity index (χ3n) is 26.4. The number of aromatic nitrogens is 3. The minimum atomic E-state index is -0.0843. The Hall–Kier alpha value is -13.2. The van der Waals surface area contributed by atoms with Crippen LogP contribution in [-0.4, -0.2) is 13.7 Å². The summed E-state index contributed by atoms with van der Waals surface area (Å²) < 4.78 is 15.7. The Bertz CT molecular complexity index is 8110. The summed E-state index contributed by atoms with van der Waals surface area (Å²) in [4.78, 5) is 0. The van der Waals surface area contributed by atoms with Crippen LogP contribution in [0, 0.1) is 0 Å². The van der Waals surface area contributed by atoms with Gasteiger partial charge in [0, 0.05) is 143 Å². The van der Waals surface area contributed by atoms with E-state index in [1.807, 2.05) is 34.0 Å². The Balaban J connectivity index is 0.000000101. The van der Waals surface area contributed by atoms with Gasteiger partial charge in [0.2, 0.25) is 0 Å². The van der Waals surface area contributed by atoms with Crippen molar-refractivity contribution in [3.05, 3.63) is 391 Å². The summed E-state index contributed by atoms with van der Waals surface area (Å²) in [6.07, 6.45) is 0. The van der Waals surface area contributed by atoms with E-state index >= 15 is 0 Å². The topological polar surface area (TPSA) is 14.8 Å². The van der Waals surface area contributed by atoms with E-state index in [1.54, 1.807) is 0 Å². The summed E-state index contributed by atoms with van der Waals surface area (Å²) in [6.45, 7) is 14.3. The summed E-state index contributed by atoms with van der Waals surface area (Å²) in [6, 6.07) is 132. The highest BCUT2D eigenvalue weighted by atomic mass is 32.1. The van der Waals surface area contributed by atoms with Gasteiger partial charge in [0.1, 0.15) is 0 Å². The summed E-state index contributed by atoms with van der Waals surface area (Å²) >= 11 is 5.79. The molecule has 0 aliphatic heterocycles. The second-order valence-corrected chi connectivity index (χ2v) is 36.9. The van der Waals surface area contributed by atoms with Crippen LogP contribution in [0.2, 0.25) is 0 Å². The molecular formula is C111H77N3S3. The molecule has 0 unspecified atom stereocenters. The molecule has 0 saturated heterocycles. The zero-order chi connectivity index (χ0) is 77.9. The van der Waals surface area contributed by atoms with Crippen molar-refractivity contribution in [1.29, 1.82) is 0 Å². The fourth-order valence-corrected chi connectivity index (χ4v) is 24.5. The van der Waals surface area contributed by atoms with Gasteiger partial charge in [0.15, 0.2) is 0 Å². The molecule has 26 rings (SSSR count). The van der Waals surface area contributed by atoms with Crippen LogP contribution in [0.3, 0.4) is 0 Å². The van der Waals surface area contributed by atoms with Gasteiger partial charge in [-0.25, -0.2) is 0 Å². The standard InChI is InChI=1S/2C39H27NS.C33H23NS/c1-39(2)32-20-19-29-28-13-7-9-15-36(28)41-38(29)37(32)30-18-17-26(23-33(30)39)40-34-14-8-6-12-27(34)31-22-25(16-21-35(31)40)24-10-4-3-5-11-24;1-39(2)32-21-20-30-29-13-7-9-15-36(29)41-38(30)37(32)31-19-17-26(23-33(31)39)40-34-14-8-6-12-27(34)28-18-16-25(22-35(28)40)24-10-4-3-5-11-24;1-33(2)26-18-17-24-23-11-5-8-14-30(23)35-32(24)31(26)25-16-15-20(19-27(25)33)34-28-12-6-3-9-21(28)22-10-4-7-13-29(22)34/h2*3-23H,1-2H3;3-19H,1-2H3. The molecule has 0 radical (unpaired) electrons. The number of fused-ring (bicyclic) bond motifs is 30. The first kappa shape index (κ1) is 68.2. The molecule has 17 aromatic carbocycles. The van der Waals surface area contributed by atoms with Crippen molar-refractivity contribution < 1.29 is 0 Å². The lowest BCUT2D eigenvalue weighted by atomic mass is 9.82. The molecule has 117 heavy (non-hydrogen) atoms. The van der Waals surface area contributed by atoms with Gasteiger partial charge in [-0.05, 0) is 169 Å². The quantitative estimate of drug-likeness (QED) is 0.163. The summed E-state index contributed by atoms with van der Waals surface area (Å²) in [5, 5.41) is 16.0.